The number of rotatable bonds is 5. The summed E-state index contributed by atoms with van der Waals surface area (Å²) in [6.07, 6.45) is 0.542. The topological polar surface area (TPSA) is 61.4 Å². The Morgan fingerprint density at radius 3 is 2.45 bits per heavy atom. The monoisotopic (exact) mass is 527 g/mol. The van der Waals surface area contributed by atoms with E-state index in [4.69, 9.17) is 4.98 Å². The molecule has 200 valence electrons. The van der Waals surface area contributed by atoms with Crippen molar-refractivity contribution in [2.75, 3.05) is 30.4 Å². The van der Waals surface area contributed by atoms with E-state index >= 15 is 4.39 Å². The van der Waals surface area contributed by atoms with Crippen LogP contribution in [-0.2, 0) is 22.7 Å². The molecule has 1 N–H and O–H groups in total. The Morgan fingerprint density at radius 1 is 1.11 bits per heavy atom. The summed E-state index contributed by atoms with van der Waals surface area (Å²) in [5, 5.41) is 3.21. The van der Waals surface area contributed by atoms with Crippen LogP contribution < -0.4 is 10.2 Å². The maximum Gasteiger partial charge on any atom is 0.273 e. The standard InChI is InChI=1S/C28H29F4N5O/c1-16(20-6-5-7-22(23(20)30)27(3,31)32)33-25-21-14-37(19-10-8-18(29)9-11-19)26(38)28(12-13-36(4)15-28)24(21)34-17(2)35-25/h5-11,16H,12-15H2,1-4H3,(H,33,34,35)/t16-,28?/m1/s1. The molecule has 0 bridgehead atoms. The van der Waals surface area contributed by atoms with E-state index in [1.807, 2.05) is 7.05 Å². The van der Waals surface area contributed by atoms with Crippen molar-refractivity contribution in [2.45, 2.75) is 51.1 Å². The number of anilines is 2. The first-order chi connectivity index (χ1) is 17.9. The summed E-state index contributed by atoms with van der Waals surface area (Å²) in [5.74, 6) is -4.00. The molecular formula is C28H29F4N5O. The number of benzene rings is 2. The zero-order valence-electron chi connectivity index (χ0n) is 21.7. The van der Waals surface area contributed by atoms with Crippen LogP contribution in [0.15, 0.2) is 42.5 Å². The van der Waals surface area contributed by atoms with Crippen molar-refractivity contribution in [3.8, 4) is 0 Å². The highest BCUT2D eigenvalue weighted by Gasteiger charge is 2.53. The number of carbonyl (C=O) groups is 1. The van der Waals surface area contributed by atoms with E-state index in [1.165, 1.54) is 24.3 Å². The number of aromatic nitrogens is 2. The Hall–Kier alpha value is -3.53. The van der Waals surface area contributed by atoms with E-state index in [0.29, 0.717) is 55.0 Å². The molecule has 1 saturated heterocycles. The van der Waals surface area contributed by atoms with Crippen molar-refractivity contribution in [1.29, 1.82) is 0 Å². The molecule has 38 heavy (non-hydrogen) atoms. The van der Waals surface area contributed by atoms with Gasteiger partial charge in [0.2, 0.25) is 5.91 Å². The summed E-state index contributed by atoms with van der Waals surface area (Å²) in [7, 11) is 1.94. The summed E-state index contributed by atoms with van der Waals surface area (Å²) in [4.78, 5) is 27.0. The molecule has 5 rings (SSSR count). The van der Waals surface area contributed by atoms with E-state index in [2.05, 4.69) is 15.2 Å². The second-order valence-corrected chi connectivity index (χ2v) is 10.3. The maximum atomic E-state index is 15.1. The van der Waals surface area contributed by atoms with Gasteiger partial charge in [-0.05, 0) is 58.1 Å². The van der Waals surface area contributed by atoms with Crippen molar-refractivity contribution in [2.24, 2.45) is 0 Å². The molecule has 1 fully saturated rings. The van der Waals surface area contributed by atoms with E-state index in [1.54, 1.807) is 30.9 Å². The fraction of sp³-hybridized carbons (Fsp3) is 0.393. The van der Waals surface area contributed by atoms with Crippen molar-refractivity contribution in [3.63, 3.8) is 0 Å². The van der Waals surface area contributed by atoms with Crippen molar-refractivity contribution in [1.82, 2.24) is 14.9 Å². The zero-order chi connectivity index (χ0) is 27.4. The highest BCUT2D eigenvalue weighted by molar-refractivity contribution is 6.03. The van der Waals surface area contributed by atoms with Crippen LogP contribution in [0.3, 0.4) is 0 Å². The number of alkyl halides is 2. The summed E-state index contributed by atoms with van der Waals surface area (Å²) >= 11 is 0. The summed E-state index contributed by atoms with van der Waals surface area (Å²) in [6.45, 7) is 5.31. The molecule has 2 aliphatic heterocycles. The lowest BCUT2D eigenvalue weighted by molar-refractivity contribution is -0.124. The van der Waals surface area contributed by atoms with E-state index in [9.17, 15) is 18.0 Å². The van der Waals surface area contributed by atoms with E-state index in [-0.39, 0.29) is 18.0 Å². The molecule has 3 aromatic rings. The second-order valence-electron chi connectivity index (χ2n) is 10.3. The Balaban J connectivity index is 1.60. The van der Waals surface area contributed by atoms with Crippen LogP contribution in [0.5, 0.6) is 0 Å². The Bertz CT molecular complexity index is 1390. The van der Waals surface area contributed by atoms with Crippen molar-refractivity contribution >= 4 is 17.4 Å². The minimum Gasteiger partial charge on any atom is -0.363 e. The first-order valence-corrected chi connectivity index (χ1v) is 12.5. The maximum absolute atomic E-state index is 15.1. The molecule has 1 unspecified atom stereocenters. The number of likely N-dealkylation sites (tertiary alicyclic amines) is 1. The third kappa shape index (κ3) is 4.40. The number of likely N-dealkylation sites (N-methyl/N-ethyl adjacent to an activating group) is 1. The van der Waals surface area contributed by atoms with E-state index in [0.717, 1.165) is 6.07 Å². The van der Waals surface area contributed by atoms with Gasteiger partial charge in [-0.25, -0.2) is 27.5 Å². The van der Waals surface area contributed by atoms with Gasteiger partial charge in [-0.1, -0.05) is 18.2 Å². The molecule has 1 aromatic heterocycles. The minimum atomic E-state index is -3.33. The number of aryl methyl sites for hydroxylation is 1. The van der Waals surface area contributed by atoms with Crippen LogP contribution in [0.1, 0.15) is 54.5 Å². The van der Waals surface area contributed by atoms with Crippen molar-refractivity contribution < 1.29 is 22.4 Å². The van der Waals surface area contributed by atoms with Gasteiger partial charge in [0.1, 0.15) is 28.7 Å². The van der Waals surface area contributed by atoms with Gasteiger partial charge < -0.3 is 15.1 Å². The first-order valence-electron chi connectivity index (χ1n) is 12.5. The average Bonchev–Trinajstić information content (AvgIpc) is 3.24. The van der Waals surface area contributed by atoms with Crippen LogP contribution in [0, 0.1) is 18.6 Å². The van der Waals surface area contributed by atoms with Gasteiger partial charge >= 0.3 is 0 Å². The van der Waals surface area contributed by atoms with Crippen LogP contribution >= 0.6 is 0 Å². The zero-order valence-corrected chi connectivity index (χ0v) is 21.7. The smallest absolute Gasteiger partial charge is 0.273 e. The lowest BCUT2D eigenvalue weighted by Gasteiger charge is -2.41. The molecule has 0 radical (unpaired) electrons. The summed E-state index contributed by atoms with van der Waals surface area (Å²) in [5.41, 5.74) is 0.289. The van der Waals surface area contributed by atoms with Gasteiger partial charge in [0.15, 0.2) is 0 Å². The molecular weight excluding hydrogens is 498 g/mol. The summed E-state index contributed by atoms with van der Waals surface area (Å²) < 4.78 is 56.8. The number of hydrogen-bond donors (Lipinski definition) is 1. The normalized spacial score (nSPS) is 20.6. The van der Waals surface area contributed by atoms with Gasteiger partial charge in [0, 0.05) is 30.3 Å². The fourth-order valence-electron chi connectivity index (χ4n) is 5.55. The number of halogens is 4. The number of carbonyl (C=O) groups excluding carboxylic acids is 1. The fourth-order valence-corrected chi connectivity index (χ4v) is 5.55. The van der Waals surface area contributed by atoms with Crippen molar-refractivity contribution in [3.05, 3.63) is 82.3 Å². The lowest BCUT2D eigenvalue weighted by Crippen LogP contribution is -2.53. The predicted molar refractivity (Wildman–Crippen MR) is 136 cm³/mol. The molecule has 10 heteroatoms. The second kappa shape index (κ2) is 9.34. The number of hydrogen-bond acceptors (Lipinski definition) is 5. The van der Waals surface area contributed by atoms with Gasteiger partial charge in [0.25, 0.3) is 5.92 Å². The molecule has 3 heterocycles. The minimum absolute atomic E-state index is 0.0756. The van der Waals surface area contributed by atoms with Gasteiger partial charge in [-0.2, -0.15) is 0 Å². The molecule has 2 aromatic carbocycles. The van der Waals surface area contributed by atoms with Crippen LogP contribution in [0.2, 0.25) is 0 Å². The lowest BCUT2D eigenvalue weighted by atomic mass is 9.76. The van der Waals surface area contributed by atoms with Gasteiger partial charge in [-0.3, -0.25) is 4.79 Å². The molecule has 2 aliphatic rings. The van der Waals surface area contributed by atoms with Crippen LogP contribution in [0.4, 0.5) is 29.1 Å². The highest BCUT2D eigenvalue weighted by Crippen LogP contribution is 2.44. The average molecular weight is 528 g/mol. The Labute approximate surface area is 218 Å². The molecule has 1 amide bonds. The number of nitrogens with zero attached hydrogens (tertiary/aromatic N) is 4. The summed E-state index contributed by atoms with van der Waals surface area (Å²) in [6, 6.07) is 8.95. The number of nitrogens with one attached hydrogen (secondary N) is 1. The van der Waals surface area contributed by atoms with E-state index < -0.39 is 34.6 Å². The Kier molecular flexibility index (Phi) is 6.41. The Morgan fingerprint density at radius 2 is 1.82 bits per heavy atom. The largest absolute Gasteiger partial charge is 0.363 e. The molecule has 2 atom stereocenters. The van der Waals surface area contributed by atoms with Crippen LogP contribution in [0.25, 0.3) is 0 Å². The predicted octanol–water partition coefficient (Wildman–Crippen LogP) is 5.47. The van der Waals surface area contributed by atoms with Crippen LogP contribution in [-0.4, -0.2) is 40.9 Å². The quantitative estimate of drug-likeness (QED) is 0.446. The number of amides is 1. The van der Waals surface area contributed by atoms with Gasteiger partial charge in [0.05, 0.1) is 23.8 Å². The highest BCUT2D eigenvalue weighted by atomic mass is 19.3. The molecule has 6 nitrogen and oxygen atoms in total. The van der Waals surface area contributed by atoms with Gasteiger partial charge in [-0.15, -0.1) is 0 Å². The third-order valence-corrected chi connectivity index (χ3v) is 7.46. The SMILES string of the molecule is Cc1nc(N[C@H](C)c2cccc(C(C)(F)F)c2F)c2c(n1)C1(CCN(C)C1)C(=O)N(c1ccc(F)cc1)C2. The molecule has 0 saturated carbocycles. The first kappa shape index (κ1) is 26.1. The molecule has 0 aliphatic carbocycles. The third-order valence-electron chi connectivity index (χ3n) is 7.46. The molecule has 1 spiro atoms. The number of fused-ring (bicyclic) bond motifs is 2.